The molecule has 0 spiro atoms. The van der Waals surface area contributed by atoms with Gasteiger partial charge in [0.1, 0.15) is 10.9 Å². The lowest BCUT2D eigenvalue weighted by Gasteiger charge is -2.09. The third-order valence-corrected chi connectivity index (χ3v) is 3.75. The number of carbonyl (C=O) groups excluding carboxylic acids is 1. The van der Waals surface area contributed by atoms with Crippen LogP contribution in [0.2, 0.25) is 5.15 Å². The SMILES string of the molecule is COC1=Cc2ccc(C(=O)Nc3ccnc(Cl)c3)cc2CC=C1. The average molecular weight is 327 g/mol. The van der Waals surface area contributed by atoms with Crippen molar-refractivity contribution in [3.8, 4) is 0 Å². The van der Waals surface area contributed by atoms with E-state index < -0.39 is 0 Å². The number of nitrogens with zero attached hydrogens (tertiary/aromatic N) is 1. The molecule has 0 saturated carbocycles. The van der Waals surface area contributed by atoms with Crippen LogP contribution >= 0.6 is 11.6 Å². The van der Waals surface area contributed by atoms with E-state index in [-0.39, 0.29) is 5.91 Å². The smallest absolute Gasteiger partial charge is 0.255 e. The van der Waals surface area contributed by atoms with Gasteiger partial charge in [0.15, 0.2) is 0 Å². The van der Waals surface area contributed by atoms with Gasteiger partial charge in [-0.1, -0.05) is 23.7 Å². The summed E-state index contributed by atoms with van der Waals surface area (Å²) in [5, 5.41) is 3.16. The molecule has 3 rings (SSSR count). The van der Waals surface area contributed by atoms with Crippen molar-refractivity contribution in [2.75, 3.05) is 12.4 Å². The topological polar surface area (TPSA) is 51.2 Å². The van der Waals surface area contributed by atoms with Crippen molar-refractivity contribution in [2.24, 2.45) is 0 Å². The molecule has 1 amide bonds. The number of nitrogens with one attached hydrogen (secondary N) is 1. The van der Waals surface area contributed by atoms with E-state index in [1.807, 2.05) is 30.4 Å². The Morgan fingerprint density at radius 2 is 2.17 bits per heavy atom. The molecule has 0 fully saturated rings. The van der Waals surface area contributed by atoms with E-state index in [0.717, 1.165) is 23.3 Å². The fraction of sp³-hybridized carbons (Fsp3) is 0.111. The fourth-order valence-electron chi connectivity index (χ4n) is 2.38. The molecule has 0 bridgehead atoms. The number of ether oxygens (including phenoxy) is 1. The largest absolute Gasteiger partial charge is 0.497 e. The quantitative estimate of drug-likeness (QED) is 0.864. The lowest BCUT2D eigenvalue weighted by atomic mass is 10.0. The molecule has 4 nitrogen and oxygen atoms in total. The summed E-state index contributed by atoms with van der Waals surface area (Å²) in [4.78, 5) is 16.3. The molecular formula is C18H15ClN2O2. The van der Waals surface area contributed by atoms with Crippen LogP contribution in [0.15, 0.2) is 54.4 Å². The van der Waals surface area contributed by atoms with E-state index in [0.29, 0.717) is 16.4 Å². The van der Waals surface area contributed by atoms with Crippen LogP contribution in [0.5, 0.6) is 0 Å². The molecule has 23 heavy (non-hydrogen) atoms. The van der Waals surface area contributed by atoms with Crippen molar-refractivity contribution in [3.63, 3.8) is 0 Å². The minimum Gasteiger partial charge on any atom is -0.497 e. The van der Waals surface area contributed by atoms with Crippen LogP contribution in [0.1, 0.15) is 21.5 Å². The van der Waals surface area contributed by atoms with Gasteiger partial charge < -0.3 is 10.1 Å². The summed E-state index contributed by atoms with van der Waals surface area (Å²) in [6.45, 7) is 0. The molecule has 1 aliphatic carbocycles. The zero-order chi connectivity index (χ0) is 16.2. The number of hydrogen-bond acceptors (Lipinski definition) is 3. The van der Waals surface area contributed by atoms with Crippen molar-refractivity contribution >= 4 is 29.3 Å². The number of halogens is 1. The highest BCUT2D eigenvalue weighted by atomic mass is 35.5. The molecule has 1 N–H and O–H groups in total. The molecule has 1 aromatic carbocycles. The fourth-order valence-corrected chi connectivity index (χ4v) is 2.55. The number of benzene rings is 1. The first-order valence-electron chi connectivity index (χ1n) is 7.14. The van der Waals surface area contributed by atoms with Gasteiger partial charge in [-0.2, -0.15) is 0 Å². The Morgan fingerprint density at radius 1 is 1.30 bits per heavy atom. The van der Waals surface area contributed by atoms with E-state index >= 15 is 0 Å². The molecule has 5 heteroatoms. The summed E-state index contributed by atoms with van der Waals surface area (Å²) in [6, 6.07) is 8.93. The van der Waals surface area contributed by atoms with Gasteiger partial charge in [-0.25, -0.2) is 4.98 Å². The highest BCUT2D eigenvalue weighted by Gasteiger charge is 2.11. The Bertz CT molecular complexity index is 812. The average Bonchev–Trinajstić information content (AvgIpc) is 2.75. The number of aromatic nitrogens is 1. The van der Waals surface area contributed by atoms with Gasteiger partial charge in [0.2, 0.25) is 0 Å². The maximum Gasteiger partial charge on any atom is 0.255 e. The minimum atomic E-state index is -0.181. The van der Waals surface area contributed by atoms with E-state index in [2.05, 4.69) is 10.3 Å². The third-order valence-electron chi connectivity index (χ3n) is 3.54. The van der Waals surface area contributed by atoms with Gasteiger partial charge >= 0.3 is 0 Å². The second-order valence-electron chi connectivity index (χ2n) is 5.09. The zero-order valence-electron chi connectivity index (χ0n) is 12.5. The summed E-state index contributed by atoms with van der Waals surface area (Å²) < 4.78 is 5.27. The Hall–Kier alpha value is -2.59. The van der Waals surface area contributed by atoms with E-state index in [4.69, 9.17) is 16.3 Å². The first-order valence-corrected chi connectivity index (χ1v) is 7.51. The number of carbonyl (C=O) groups is 1. The van der Waals surface area contributed by atoms with Crippen LogP contribution in [-0.4, -0.2) is 18.0 Å². The van der Waals surface area contributed by atoms with Crippen LogP contribution < -0.4 is 5.32 Å². The molecule has 116 valence electrons. The van der Waals surface area contributed by atoms with Gasteiger partial charge in [-0.3, -0.25) is 4.79 Å². The van der Waals surface area contributed by atoms with E-state index in [1.165, 1.54) is 0 Å². The zero-order valence-corrected chi connectivity index (χ0v) is 13.3. The molecule has 0 aliphatic heterocycles. The van der Waals surface area contributed by atoms with Crippen molar-refractivity contribution in [1.29, 1.82) is 0 Å². The number of allylic oxidation sites excluding steroid dienone is 2. The van der Waals surface area contributed by atoms with Crippen molar-refractivity contribution < 1.29 is 9.53 Å². The summed E-state index contributed by atoms with van der Waals surface area (Å²) in [7, 11) is 1.64. The van der Waals surface area contributed by atoms with Crippen LogP contribution in [-0.2, 0) is 11.2 Å². The molecule has 0 saturated heterocycles. The lowest BCUT2D eigenvalue weighted by Crippen LogP contribution is -2.12. The van der Waals surface area contributed by atoms with Gasteiger partial charge in [0.05, 0.1) is 7.11 Å². The van der Waals surface area contributed by atoms with Gasteiger partial charge in [-0.15, -0.1) is 0 Å². The Morgan fingerprint density at radius 3 is 2.96 bits per heavy atom. The molecule has 1 heterocycles. The molecular weight excluding hydrogens is 312 g/mol. The van der Waals surface area contributed by atoms with Crippen molar-refractivity contribution in [2.45, 2.75) is 6.42 Å². The molecule has 0 radical (unpaired) electrons. The van der Waals surface area contributed by atoms with Gasteiger partial charge in [0.25, 0.3) is 5.91 Å². The normalized spacial score (nSPS) is 12.9. The third kappa shape index (κ3) is 3.60. The molecule has 1 aliphatic rings. The van der Waals surface area contributed by atoms with Gasteiger partial charge in [0, 0.05) is 17.4 Å². The predicted octanol–water partition coefficient (Wildman–Crippen LogP) is 4.09. The number of pyridine rings is 1. The maximum absolute atomic E-state index is 12.4. The standard InChI is InChI=1S/C18H15ClN2O2/c1-23-16-4-2-3-12-9-14(6-5-13(12)10-16)18(22)21-15-7-8-20-17(19)11-15/h2,4-11H,3H2,1H3,(H,20,21,22). The van der Waals surface area contributed by atoms with E-state index in [1.54, 1.807) is 31.5 Å². The highest BCUT2D eigenvalue weighted by Crippen LogP contribution is 2.21. The summed E-state index contributed by atoms with van der Waals surface area (Å²) >= 11 is 5.83. The van der Waals surface area contributed by atoms with Crippen LogP contribution in [0.25, 0.3) is 6.08 Å². The molecule has 0 atom stereocenters. The Labute approximate surface area is 139 Å². The first-order chi connectivity index (χ1) is 11.2. The van der Waals surface area contributed by atoms with Crippen molar-refractivity contribution in [3.05, 3.63) is 76.3 Å². The number of anilines is 1. The second-order valence-corrected chi connectivity index (χ2v) is 5.48. The number of amides is 1. The predicted molar refractivity (Wildman–Crippen MR) is 91.5 cm³/mol. The molecule has 2 aromatic rings. The minimum absolute atomic E-state index is 0.181. The molecule has 1 aromatic heterocycles. The first kappa shape index (κ1) is 15.3. The van der Waals surface area contributed by atoms with E-state index in [9.17, 15) is 4.79 Å². The summed E-state index contributed by atoms with van der Waals surface area (Å²) in [6.07, 6.45) is 8.21. The number of rotatable bonds is 3. The van der Waals surface area contributed by atoms with Crippen molar-refractivity contribution in [1.82, 2.24) is 4.98 Å². The Kier molecular flexibility index (Phi) is 4.44. The van der Waals surface area contributed by atoms with Crippen LogP contribution in [0, 0.1) is 0 Å². The monoisotopic (exact) mass is 326 g/mol. The molecule has 0 unspecified atom stereocenters. The number of hydrogen-bond donors (Lipinski definition) is 1. The lowest BCUT2D eigenvalue weighted by molar-refractivity contribution is 0.102. The second kappa shape index (κ2) is 6.67. The van der Waals surface area contributed by atoms with Gasteiger partial charge in [-0.05, 0) is 54.0 Å². The van der Waals surface area contributed by atoms with Crippen LogP contribution in [0.4, 0.5) is 5.69 Å². The Balaban J connectivity index is 1.84. The summed E-state index contributed by atoms with van der Waals surface area (Å²) in [5.41, 5.74) is 3.34. The number of methoxy groups -OCH3 is 1. The maximum atomic E-state index is 12.4. The van der Waals surface area contributed by atoms with Crippen LogP contribution in [0.3, 0.4) is 0 Å². The summed E-state index contributed by atoms with van der Waals surface area (Å²) in [5.74, 6) is 0.617. The highest BCUT2D eigenvalue weighted by molar-refractivity contribution is 6.29. The number of fused-ring (bicyclic) bond motifs is 1.